The van der Waals surface area contributed by atoms with Gasteiger partial charge in [0.25, 0.3) is 0 Å². The summed E-state index contributed by atoms with van der Waals surface area (Å²) in [6, 6.07) is 7.74. The van der Waals surface area contributed by atoms with Crippen molar-refractivity contribution in [1.82, 2.24) is 0 Å². The van der Waals surface area contributed by atoms with E-state index >= 15 is 0 Å². The molecule has 13 heavy (non-hydrogen) atoms. The van der Waals surface area contributed by atoms with Crippen LogP contribution in [0.5, 0.6) is 5.75 Å². The molecule has 0 aliphatic carbocycles. The summed E-state index contributed by atoms with van der Waals surface area (Å²) in [5, 5.41) is 0. The molecule has 2 nitrogen and oxygen atoms in total. The quantitative estimate of drug-likeness (QED) is 0.695. The van der Waals surface area contributed by atoms with Gasteiger partial charge in [0, 0.05) is 6.16 Å². The van der Waals surface area contributed by atoms with Crippen molar-refractivity contribution in [3.8, 4) is 5.75 Å². The summed E-state index contributed by atoms with van der Waals surface area (Å²) >= 11 is 0. The van der Waals surface area contributed by atoms with Crippen molar-refractivity contribution in [2.24, 2.45) is 0 Å². The molecule has 1 aromatic carbocycles. The van der Waals surface area contributed by atoms with Gasteiger partial charge >= 0.3 is 0 Å². The molecule has 0 bridgehead atoms. The minimum absolute atomic E-state index is 0.600. The molecule has 1 aromatic rings. The Morgan fingerprint density at radius 3 is 2.62 bits per heavy atom. The maximum absolute atomic E-state index is 11.2. The second-order valence-electron chi connectivity index (χ2n) is 2.79. The second-order valence-corrected chi connectivity index (χ2v) is 4.44. The van der Waals surface area contributed by atoms with Crippen LogP contribution in [0.15, 0.2) is 24.3 Å². The maximum Gasteiger partial charge on any atom is 0.236 e. The molecule has 3 heteroatoms. The van der Waals surface area contributed by atoms with Crippen molar-refractivity contribution in [1.29, 1.82) is 0 Å². The number of hydrogen-bond donors (Lipinski definition) is 0. The first-order valence-corrected chi connectivity index (χ1v) is 6.08. The predicted molar refractivity (Wildman–Crippen MR) is 56.0 cm³/mol. The molecule has 0 fully saturated rings. The van der Waals surface area contributed by atoms with E-state index in [1.165, 1.54) is 0 Å². The Hall–Kier alpha value is -0.750. The third-order valence-electron chi connectivity index (χ3n) is 1.87. The van der Waals surface area contributed by atoms with Crippen molar-refractivity contribution in [3.05, 3.63) is 29.8 Å². The standard InChI is InChI=1S/C10H15O2P/c1-3-9-7-5-6-8-10(9)12-13(11)4-2/h5-8,13H,3-4H2,1-2H3. The molecule has 72 valence electrons. The Kier molecular flexibility index (Phi) is 4.04. The Bertz CT molecular complexity index is 297. The molecule has 0 N–H and O–H groups in total. The van der Waals surface area contributed by atoms with Gasteiger partial charge in [-0.25, -0.2) is 0 Å². The Morgan fingerprint density at radius 2 is 2.00 bits per heavy atom. The van der Waals surface area contributed by atoms with Gasteiger partial charge in [0.15, 0.2) is 0 Å². The molecular formula is C10H15O2P. The van der Waals surface area contributed by atoms with Crippen LogP contribution >= 0.6 is 8.03 Å². The van der Waals surface area contributed by atoms with E-state index in [1.54, 1.807) is 0 Å². The van der Waals surface area contributed by atoms with Crippen molar-refractivity contribution >= 4 is 8.03 Å². The lowest BCUT2D eigenvalue weighted by Gasteiger charge is -2.08. The minimum atomic E-state index is -1.86. The van der Waals surface area contributed by atoms with Crippen LogP contribution in [0.1, 0.15) is 19.4 Å². The summed E-state index contributed by atoms with van der Waals surface area (Å²) in [7, 11) is -1.86. The normalized spacial score (nSPS) is 12.5. The number of rotatable bonds is 4. The lowest BCUT2D eigenvalue weighted by atomic mass is 10.1. The van der Waals surface area contributed by atoms with Crippen molar-refractivity contribution in [3.63, 3.8) is 0 Å². The molecule has 0 aliphatic heterocycles. The number of benzene rings is 1. The molecule has 0 spiro atoms. The summed E-state index contributed by atoms with van der Waals surface area (Å²) < 4.78 is 16.5. The van der Waals surface area contributed by atoms with E-state index in [0.29, 0.717) is 6.16 Å². The second kappa shape index (κ2) is 5.08. The van der Waals surface area contributed by atoms with Crippen molar-refractivity contribution < 1.29 is 9.09 Å². The van der Waals surface area contributed by atoms with Crippen molar-refractivity contribution in [2.75, 3.05) is 6.16 Å². The smallest absolute Gasteiger partial charge is 0.236 e. The highest BCUT2D eigenvalue weighted by Gasteiger charge is 2.02. The minimum Gasteiger partial charge on any atom is -0.444 e. The molecule has 0 saturated carbocycles. The van der Waals surface area contributed by atoms with Gasteiger partial charge < -0.3 is 4.52 Å². The van der Waals surface area contributed by atoms with Gasteiger partial charge in [-0.1, -0.05) is 32.0 Å². The van der Waals surface area contributed by atoms with Crippen LogP contribution in [0.2, 0.25) is 0 Å². The van der Waals surface area contributed by atoms with Crippen molar-refractivity contribution in [2.45, 2.75) is 20.3 Å². The van der Waals surface area contributed by atoms with Crippen LogP contribution in [0, 0.1) is 0 Å². The predicted octanol–water partition coefficient (Wildman–Crippen LogP) is 3.12. The fourth-order valence-electron chi connectivity index (χ4n) is 1.09. The zero-order valence-corrected chi connectivity index (χ0v) is 9.04. The first kappa shape index (κ1) is 10.3. The van der Waals surface area contributed by atoms with E-state index in [0.717, 1.165) is 17.7 Å². The maximum atomic E-state index is 11.2. The largest absolute Gasteiger partial charge is 0.444 e. The summed E-state index contributed by atoms with van der Waals surface area (Å²) in [6.45, 7) is 3.93. The Balaban J connectivity index is 2.81. The van der Waals surface area contributed by atoms with Gasteiger partial charge in [0.2, 0.25) is 8.03 Å². The molecule has 0 radical (unpaired) electrons. The highest BCUT2D eigenvalue weighted by atomic mass is 31.1. The van der Waals surface area contributed by atoms with Gasteiger partial charge in [0.05, 0.1) is 0 Å². The van der Waals surface area contributed by atoms with E-state index in [2.05, 4.69) is 6.92 Å². The third kappa shape index (κ3) is 2.89. The van der Waals surface area contributed by atoms with Crippen LogP contribution in [-0.2, 0) is 11.0 Å². The molecule has 0 aliphatic rings. The molecule has 0 amide bonds. The molecule has 0 heterocycles. The van der Waals surface area contributed by atoms with Gasteiger partial charge in [0.1, 0.15) is 5.75 Å². The molecule has 1 rings (SSSR count). The van der Waals surface area contributed by atoms with E-state index in [1.807, 2.05) is 31.2 Å². The lowest BCUT2D eigenvalue weighted by Crippen LogP contribution is -1.88. The van der Waals surface area contributed by atoms with Gasteiger partial charge in [-0.3, -0.25) is 4.57 Å². The fraction of sp³-hybridized carbons (Fsp3) is 0.400. The van der Waals surface area contributed by atoms with Crippen LogP contribution in [0.3, 0.4) is 0 Å². The number of aryl methyl sites for hydroxylation is 1. The van der Waals surface area contributed by atoms with Gasteiger partial charge in [-0.2, -0.15) is 0 Å². The molecule has 0 aromatic heterocycles. The van der Waals surface area contributed by atoms with Gasteiger partial charge in [-0.15, -0.1) is 0 Å². The van der Waals surface area contributed by atoms with E-state index < -0.39 is 8.03 Å². The monoisotopic (exact) mass is 198 g/mol. The van der Waals surface area contributed by atoms with Gasteiger partial charge in [-0.05, 0) is 18.1 Å². The Morgan fingerprint density at radius 1 is 1.31 bits per heavy atom. The van der Waals surface area contributed by atoms with E-state index in [-0.39, 0.29) is 0 Å². The average molecular weight is 198 g/mol. The van der Waals surface area contributed by atoms with E-state index in [9.17, 15) is 4.57 Å². The summed E-state index contributed by atoms with van der Waals surface area (Å²) in [5.41, 5.74) is 1.12. The average Bonchev–Trinajstić information content (AvgIpc) is 2.18. The zero-order chi connectivity index (χ0) is 9.68. The molecule has 0 saturated heterocycles. The van der Waals surface area contributed by atoms with Crippen LogP contribution < -0.4 is 4.52 Å². The van der Waals surface area contributed by atoms with Crippen LogP contribution in [0.25, 0.3) is 0 Å². The SMILES string of the molecule is CCc1ccccc1O[PH](=O)CC. The topological polar surface area (TPSA) is 26.3 Å². The first-order valence-electron chi connectivity index (χ1n) is 4.56. The summed E-state index contributed by atoms with van der Waals surface area (Å²) in [4.78, 5) is 0. The zero-order valence-electron chi connectivity index (χ0n) is 8.04. The summed E-state index contributed by atoms with van der Waals surface area (Å²) in [5.74, 6) is 0.774. The van der Waals surface area contributed by atoms with Crippen LogP contribution in [0.4, 0.5) is 0 Å². The molecule has 1 atom stereocenters. The van der Waals surface area contributed by atoms with Crippen LogP contribution in [-0.4, -0.2) is 6.16 Å². The summed E-state index contributed by atoms with van der Waals surface area (Å²) in [6.07, 6.45) is 1.51. The first-order chi connectivity index (χ1) is 6.27. The fourth-order valence-corrected chi connectivity index (χ4v) is 1.68. The highest BCUT2D eigenvalue weighted by molar-refractivity contribution is 7.39. The third-order valence-corrected chi connectivity index (χ3v) is 2.89. The Labute approximate surface area is 79.8 Å². The molecule has 1 unspecified atom stereocenters. The molecular weight excluding hydrogens is 183 g/mol. The van der Waals surface area contributed by atoms with E-state index in [4.69, 9.17) is 4.52 Å². The number of hydrogen-bond acceptors (Lipinski definition) is 2. The number of para-hydroxylation sites is 1. The lowest BCUT2D eigenvalue weighted by molar-refractivity contribution is 0.503. The highest BCUT2D eigenvalue weighted by Crippen LogP contribution is 2.29.